The second-order valence-corrected chi connectivity index (χ2v) is 13.5. The molecule has 1 aromatic rings. The average Bonchev–Trinajstić information content (AvgIpc) is 3.03. The molecule has 4 fully saturated rings. The molecule has 0 N–H and O–H groups in total. The van der Waals surface area contributed by atoms with Crippen molar-refractivity contribution in [2.75, 3.05) is 6.26 Å². The third-order valence-corrected chi connectivity index (χ3v) is 11.0. The number of hydrogen-bond donors (Lipinski definition) is 0. The van der Waals surface area contributed by atoms with Crippen molar-refractivity contribution in [1.82, 2.24) is 0 Å². The largest absolute Gasteiger partial charge is 0.490 e. The second kappa shape index (κ2) is 7.25. The summed E-state index contributed by atoms with van der Waals surface area (Å²) in [7, 11) is -3.16. The lowest BCUT2D eigenvalue weighted by Gasteiger charge is -2.59. The molecule has 3 nitrogen and oxygen atoms in total. The highest BCUT2D eigenvalue weighted by Crippen LogP contribution is 2.66. The molecule has 0 bridgehead atoms. The quantitative estimate of drug-likeness (QED) is 0.567. The number of hydrogen-bond acceptors (Lipinski definition) is 3. The van der Waals surface area contributed by atoms with Gasteiger partial charge in [-0.15, -0.1) is 0 Å². The Morgan fingerprint density at radius 3 is 2.43 bits per heavy atom. The smallest absolute Gasteiger partial charge is 0.175 e. The van der Waals surface area contributed by atoms with Crippen molar-refractivity contribution >= 4 is 9.84 Å². The van der Waals surface area contributed by atoms with Gasteiger partial charge in [-0.3, -0.25) is 0 Å². The molecule has 7 atom stereocenters. The number of rotatable bonds is 3. The van der Waals surface area contributed by atoms with Gasteiger partial charge in [-0.2, -0.15) is 0 Å². The van der Waals surface area contributed by atoms with E-state index in [1.54, 1.807) is 12.1 Å². The van der Waals surface area contributed by atoms with Crippen molar-refractivity contribution in [1.29, 1.82) is 0 Å². The Morgan fingerprint density at radius 1 is 0.933 bits per heavy atom. The topological polar surface area (TPSA) is 43.4 Å². The molecule has 4 saturated carbocycles. The summed E-state index contributed by atoms with van der Waals surface area (Å²) in [4.78, 5) is 0.363. The zero-order valence-electron chi connectivity index (χ0n) is 18.9. The lowest BCUT2D eigenvalue weighted by Crippen LogP contribution is -2.51. The summed E-state index contributed by atoms with van der Waals surface area (Å²) in [5.74, 6) is 4.37. The summed E-state index contributed by atoms with van der Waals surface area (Å²) in [5, 5.41) is 0. The van der Waals surface area contributed by atoms with Gasteiger partial charge < -0.3 is 4.74 Å². The van der Waals surface area contributed by atoms with E-state index in [0.29, 0.717) is 15.7 Å². The predicted octanol–water partition coefficient (Wildman–Crippen LogP) is 6.27. The maximum absolute atomic E-state index is 11.7. The highest BCUT2D eigenvalue weighted by Gasteiger charge is 2.59. The van der Waals surface area contributed by atoms with Gasteiger partial charge in [0.1, 0.15) is 5.75 Å². The monoisotopic (exact) mass is 430 g/mol. The van der Waals surface area contributed by atoms with Crippen molar-refractivity contribution < 1.29 is 13.2 Å². The minimum atomic E-state index is -3.16. The summed E-state index contributed by atoms with van der Waals surface area (Å²) in [5.41, 5.74) is 0.999. The van der Waals surface area contributed by atoms with Crippen LogP contribution in [0.15, 0.2) is 29.2 Å². The van der Waals surface area contributed by atoms with Crippen LogP contribution >= 0.6 is 0 Å². The molecule has 1 aromatic carbocycles. The highest BCUT2D eigenvalue weighted by molar-refractivity contribution is 7.90. The van der Waals surface area contributed by atoms with Gasteiger partial charge in [0.15, 0.2) is 9.84 Å². The molecular weight excluding hydrogens is 392 g/mol. The van der Waals surface area contributed by atoms with Gasteiger partial charge in [0.05, 0.1) is 11.0 Å². The Bertz CT molecular complexity index is 891. The fourth-order valence-electron chi connectivity index (χ4n) is 8.34. The summed E-state index contributed by atoms with van der Waals surface area (Å²) in [6.45, 7) is 5.17. The molecule has 0 aliphatic heterocycles. The van der Waals surface area contributed by atoms with Crippen LogP contribution in [-0.2, 0) is 9.84 Å². The van der Waals surface area contributed by atoms with E-state index in [4.69, 9.17) is 4.74 Å². The van der Waals surface area contributed by atoms with Crippen LogP contribution in [0.25, 0.3) is 0 Å². The number of fused-ring (bicyclic) bond motifs is 5. The Hall–Kier alpha value is -1.03. The second-order valence-electron chi connectivity index (χ2n) is 11.5. The SMILES string of the molecule is C[C@]12CC[C@H]3[C@@H](CC[C@H]4CCCC[C@@]43C)[C@@H]1C[C@H](Oc1ccc(S(C)(=O)=O)cc1)C2. The van der Waals surface area contributed by atoms with Crippen molar-refractivity contribution in [2.45, 2.75) is 89.1 Å². The van der Waals surface area contributed by atoms with Crippen LogP contribution in [0.4, 0.5) is 0 Å². The van der Waals surface area contributed by atoms with E-state index in [9.17, 15) is 8.42 Å². The standard InChI is InChI=1S/C26H38O3S/c1-25-15-13-23-22(12-7-18-6-4-5-14-26(18,23)2)24(25)16-20(17-25)29-19-8-10-21(11-9-19)30(3,27)28/h8-11,18,20,22-24H,4-7,12-17H2,1-3H3/t18-,20+,22-,23+,24+,25-,26+/m1/s1. The molecular formula is C26H38O3S. The third kappa shape index (κ3) is 3.42. The van der Waals surface area contributed by atoms with Gasteiger partial charge in [-0.25, -0.2) is 8.42 Å². The Kier molecular flexibility index (Phi) is 5.04. The fourth-order valence-corrected chi connectivity index (χ4v) is 8.97. The maximum atomic E-state index is 11.7. The summed E-state index contributed by atoms with van der Waals surface area (Å²) in [6, 6.07) is 7.01. The minimum Gasteiger partial charge on any atom is -0.490 e. The Balaban J connectivity index is 1.32. The first-order valence-corrected chi connectivity index (χ1v) is 14.0. The van der Waals surface area contributed by atoms with Crippen LogP contribution in [0, 0.1) is 34.5 Å². The van der Waals surface area contributed by atoms with Crippen molar-refractivity contribution in [3.05, 3.63) is 24.3 Å². The van der Waals surface area contributed by atoms with E-state index < -0.39 is 9.84 Å². The predicted molar refractivity (Wildman–Crippen MR) is 120 cm³/mol. The van der Waals surface area contributed by atoms with Crippen molar-refractivity contribution in [3.8, 4) is 5.75 Å². The molecule has 0 aromatic heterocycles. The molecule has 4 aliphatic carbocycles. The molecule has 0 heterocycles. The van der Waals surface area contributed by atoms with Crippen molar-refractivity contribution in [2.24, 2.45) is 34.5 Å². The van der Waals surface area contributed by atoms with Crippen LogP contribution in [0.1, 0.15) is 78.1 Å². The third-order valence-electron chi connectivity index (χ3n) is 9.87. The number of ether oxygens (including phenoxy) is 1. The molecule has 0 spiro atoms. The molecule has 4 aliphatic rings. The first-order chi connectivity index (χ1) is 14.2. The van der Waals surface area contributed by atoms with E-state index in [0.717, 1.165) is 35.8 Å². The van der Waals surface area contributed by atoms with E-state index >= 15 is 0 Å². The molecule has 0 amide bonds. The molecule has 0 unspecified atom stereocenters. The Labute approximate surface area is 182 Å². The minimum absolute atomic E-state index is 0.264. The van der Waals surface area contributed by atoms with Gasteiger partial charge in [0.2, 0.25) is 0 Å². The molecule has 0 saturated heterocycles. The first kappa shape index (κ1) is 20.8. The van der Waals surface area contributed by atoms with Crippen LogP contribution in [-0.4, -0.2) is 20.8 Å². The number of benzene rings is 1. The van der Waals surface area contributed by atoms with Gasteiger partial charge in [0, 0.05) is 6.26 Å². The van der Waals surface area contributed by atoms with E-state index in [-0.39, 0.29) is 6.10 Å². The molecule has 30 heavy (non-hydrogen) atoms. The zero-order valence-corrected chi connectivity index (χ0v) is 19.7. The van der Waals surface area contributed by atoms with Crippen LogP contribution in [0.2, 0.25) is 0 Å². The summed E-state index contributed by atoms with van der Waals surface area (Å²) >= 11 is 0. The van der Waals surface area contributed by atoms with Crippen LogP contribution in [0.3, 0.4) is 0 Å². The van der Waals surface area contributed by atoms with E-state index in [1.807, 2.05) is 12.1 Å². The van der Waals surface area contributed by atoms with Crippen molar-refractivity contribution in [3.63, 3.8) is 0 Å². The Morgan fingerprint density at radius 2 is 1.70 bits per heavy atom. The zero-order chi connectivity index (χ0) is 21.1. The van der Waals surface area contributed by atoms with Gasteiger partial charge >= 0.3 is 0 Å². The maximum Gasteiger partial charge on any atom is 0.175 e. The normalized spacial score (nSPS) is 43.4. The lowest BCUT2D eigenvalue weighted by molar-refractivity contribution is -0.103. The molecule has 166 valence electrons. The van der Waals surface area contributed by atoms with E-state index in [1.165, 1.54) is 64.0 Å². The van der Waals surface area contributed by atoms with Crippen LogP contribution < -0.4 is 4.74 Å². The van der Waals surface area contributed by atoms with Crippen LogP contribution in [0.5, 0.6) is 5.75 Å². The first-order valence-electron chi connectivity index (χ1n) is 12.2. The number of sulfone groups is 1. The van der Waals surface area contributed by atoms with Gasteiger partial charge in [-0.1, -0.05) is 26.7 Å². The molecule has 0 radical (unpaired) electrons. The summed E-state index contributed by atoms with van der Waals surface area (Å²) in [6.07, 6.45) is 15.3. The average molecular weight is 431 g/mol. The van der Waals surface area contributed by atoms with Gasteiger partial charge in [-0.05, 0) is 110 Å². The molecule has 5 rings (SSSR count). The summed E-state index contributed by atoms with van der Waals surface area (Å²) < 4.78 is 29.9. The van der Waals surface area contributed by atoms with E-state index in [2.05, 4.69) is 13.8 Å². The highest BCUT2D eigenvalue weighted by atomic mass is 32.2. The molecule has 4 heteroatoms. The van der Waals surface area contributed by atoms with Gasteiger partial charge in [0.25, 0.3) is 0 Å². The lowest BCUT2D eigenvalue weighted by atomic mass is 9.45. The fraction of sp³-hybridized carbons (Fsp3) is 0.769.